The van der Waals surface area contributed by atoms with Crippen LogP contribution in [0.25, 0.3) is 11.1 Å². The molecule has 0 bridgehead atoms. The molecule has 1 amide bonds. The number of nitrogens with zero attached hydrogens (tertiary/aromatic N) is 1. The molecule has 3 aromatic carbocycles. The maximum atomic E-state index is 12.7. The zero-order chi connectivity index (χ0) is 20.3. The molecule has 142 valence electrons. The summed E-state index contributed by atoms with van der Waals surface area (Å²) in [5.74, 6) is -0.531. The number of amides is 1. The number of nitro groups is 1. The lowest BCUT2D eigenvalue weighted by atomic mass is 9.98. The lowest BCUT2D eigenvalue weighted by molar-refractivity contribution is -0.384. The van der Waals surface area contributed by atoms with Crippen molar-refractivity contribution < 1.29 is 22.9 Å². The zero-order valence-electron chi connectivity index (χ0n) is 14.2. The van der Waals surface area contributed by atoms with Gasteiger partial charge in [-0.3, -0.25) is 14.9 Å². The standard InChI is InChI=1S/C20H13F3N2O3/c21-20(22,23)14-10-8-13(9-11-14)17-6-1-2-7-18(17)19(26)24-15-4-3-5-16(12-15)25(27)28/h1-12H,(H,24,26). The number of non-ortho nitro benzene ring substituents is 1. The third-order valence-corrected chi connectivity index (χ3v) is 4.01. The molecule has 3 aromatic rings. The lowest BCUT2D eigenvalue weighted by Crippen LogP contribution is -2.13. The smallest absolute Gasteiger partial charge is 0.322 e. The summed E-state index contributed by atoms with van der Waals surface area (Å²) in [4.78, 5) is 22.9. The number of carbonyl (C=O) groups is 1. The van der Waals surface area contributed by atoms with Gasteiger partial charge in [0.1, 0.15) is 0 Å². The summed E-state index contributed by atoms with van der Waals surface area (Å²) >= 11 is 0. The van der Waals surface area contributed by atoms with Crippen molar-refractivity contribution >= 4 is 17.3 Å². The van der Waals surface area contributed by atoms with Gasteiger partial charge in [-0.2, -0.15) is 13.2 Å². The summed E-state index contributed by atoms with van der Waals surface area (Å²) < 4.78 is 38.2. The first-order valence-electron chi connectivity index (χ1n) is 8.08. The molecule has 3 rings (SSSR count). The highest BCUT2D eigenvalue weighted by Gasteiger charge is 2.30. The van der Waals surface area contributed by atoms with Gasteiger partial charge in [-0.15, -0.1) is 0 Å². The van der Waals surface area contributed by atoms with Gasteiger partial charge in [0.2, 0.25) is 0 Å². The number of halogens is 3. The maximum Gasteiger partial charge on any atom is 0.416 e. The summed E-state index contributed by atoms with van der Waals surface area (Å²) in [7, 11) is 0. The molecule has 0 unspecified atom stereocenters. The van der Waals surface area contributed by atoms with Crippen LogP contribution < -0.4 is 5.32 Å². The predicted octanol–water partition coefficient (Wildman–Crippen LogP) is 5.53. The van der Waals surface area contributed by atoms with E-state index in [2.05, 4.69) is 5.32 Å². The molecule has 1 N–H and O–H groups in total. The van der Waals surface area contributed by atoms with E-state index in [0.717, 1.165) is 12.1 Å². The molecular formula is C20H13F3N2O3. The number of benzene rings is 3. The van der Waals surface area contributed by atoms with Crippen LogP contribution in [0.3, 0.4) is 0 Å². The Morgan fingerprint density at radius 3 is 2.25 bits per heavy atom. The molecule has 0 radical (unpaired) electrons. The Balaban J connectivity index is 1.91. The Labute approximate surface area is 157 Å². The second-order valence-corrected chi connectivity index (χ2v) is 5.88. The number of hydrogen-bond acceptors (Lipinski definition) is 3. The Morgan fingerprint density at radius 1 is 0.929 bits per heavy atom. The van der Waals surface area contributed by atoms with Crippen molar-refractivity contribution in [3.8, 4) is 11.1 Å². The quantitative estimate of drug-likeness (QED) is 0.473. The molecule has 0 aliphatic rings. The van der Waals surface area contributed by atoms with Crippen LogP contribution in [0, 0.1) is 10.1 Å². The van der Waals surface area contributed by atoms with Crippen LogP contribution in [0.1, 0.15) is 15.9 Å². The lowest BCUT2D eigenvalue weighted by Gasteiger charge is -2.12. The number of nitro benzene ring substituents is 1. The molecule has 0 spiro atoms. The Morgan fingerprint density at radius 2 is 1.61 bits per heavy atom. The van der Waals surface area contributed by atoms with Crippen molar-refractivity contribution in [3.05, 3.63) is 94.0 Å². The van der Waals surface area contributed by atoms with Crippen molar-refractivity contribution in [3.63, 3.8) is 0 Å². The summed E-state index contributed by atoms with van der Waals surface area (Å²) in [5, 5.41) is 13.4. The number of carbonyl (C=O) groups excluding carboxylic acids is 1. The molecule has 5 nitrogen and oxygen atoms in total. The minimum atomic E-state index is -4.45. The van der Waals surface area contributed by atoms with E-state index in [1.54, 1.807) is 18.2 Å². The monoisotopic (exact) mass is 386 g/mol. The molecule has 0 aliphatic heterocycles. The number of anilines is 1. The summed E-state index contributed by atoms with van der Waals surface area (Å²) in [6, 6.07) is 16.4. The van der Waals surface area contributed by atoms with Crippen molar-refractivity contribution in [1.82, 2.24) is 0 Å². The first kappa shape index (κ1) is 19.1. The fraction of sp³-hybridized carbons (Fsp3) is 0.0500. The molecule has 0 saturated carbocycles. The van der Waals surface area contributed by atoms with E-state index in [4.69, 9.17) is 0 Å². The SMILES string of the molecule is O=C(Nc1cccc([N+](=O)[O-])c1)c1ccccc1-c1ccc(C(F)(F)F)cc1. The van der Waals surface area contributed by atoms with Crippen LogP contribution in [0.4, 0.5) is 24.5 Å². The van der Waals surface area contributed by atoms with Crippen LogP contribution in [0.5, 0.6) is 0 Å². The van der Waals surface area contributed by atoms with Gasteiger partial charge in [-0.05, 0) is 35.4 Å². The van der Waals surface area contributed by atoms with Crippen molar-refractivity contribution in [2.45, 2.75) is 6.18 Å². The molecule has 0 fully saturated rings. The molecule has 8 heteroatoms. The van der Waals surface area contributed by atoms with E-state index in [1.165, 1.54) is 42.5 Å². The topological polar surface area (TPSA) is 72.2 Å². The highest BCUT2D eigenvalue weighted by molar-refractivity contribution is 6.08. The fourth-order valence-corrected chi connectivity index (χ4v) is 2.67. The van der Waals surface area contributed by atoms with Crippen LogP contribution in [-0.2, 0) is 6.18 Å². The fourth-order valence-electron chi connectivity index (χ4n) is 2.67. The van der Waals surface area contributed by atoms with Crippen LogP contribution >= 0.6 is 0 Å². The minimum Gasteiger partial charge on any atom is -0.322 e. The Kier molecular flexibility index (Phi) is 5.12. The molecule has 0 heterocycles. The van der Waals surface area contributed by atoms with E-state index in [9.17, 15) is 28.1 Å². The Hall–Kier alpha value is -3.68. The van der Waals surface area contributed by atoms with E-state index in [0.29, 0.717) is 11.1 Å². The highest BCUT2D eigenvalue weighted by atomic mass is 19.4. The second kappa shape index (κ2) is 7.51. The van der Waals surface area contributed by atoms with Crippen LogP contribution in [0.15, 0.2) is 72.8 Å². The number of nitrogens with one attached hydrogen (secondary N) is 1. The molecule has 0 aliphatic carbocycles. The van der Waals surface area contributed by atoms with Gasteiger partial charge >= 0.3 is 6.18 Å². The molecular weight excluding hydrogens is 373 g/mol. The minimum absolute atomic E-state index is 0.172. The van der Waals surface area contributed by atoms with E-state index in [1.807, 2.05) is 0 Å². The Bertz CT molecular complexity index is 1030. The van der Waals surface area contributed by atoms with E-state index in [-0.39, 0.29) is 16.9 Å². The highest BCUT2D eigenvalue weighted by Crippen LogP contribution is 2.32. The second-order valence-electron chi connectivity index (χ2n) is 5.88. The average Bonchev–Trinajstić information content (AvgIpc) is 2.67. The molecule has 0 aromatic heterocycles. The largest absolute Gasteiger partial charge is 0.416 e. The van der Waals surface area contributed by atoms with E-state index >= 15 is 0 Å². The predicted molar refractivity (Wildman–Crippen MR) is 97.9 cm³/mol. The van der Waals surface area contributed by atoms with Crippen molar-refractivity contribution in [1.29, 1.82) is 0 Å². The van der Waals surface area contributed by atoms with Gasteiger partial charge in [0, 0.05) is 23.4 Å². The van der Waals surface area contributed by atoms with Gasteiger partial charge in [0.25, 0.3) is 11.6 Å². The third kappa shape index (κ3) is 4.17. The maximum absolute atomic E-state index is 12.7. The molecule has 0 atom stereocenters. The summed E-state index contributed by atoms with van der Waals surface area (Å²) in [6.45, 7) is 0. The van der Waals surface area contributed by atoms with Gasteiger partial charge < -0.3 is 5.32 Å². The third-order valence-electron chi connectivity index (χ3n) is 4.01. The number of alkyl halides is 3. The van der Waals surface area contributed by atoms with Crippen LogP contribution in [-0.4, -0.2) is 10.8 Å². The molecule has 28 heavy (non-hydrogen) atoms. The van der Waals surface area contributed by atoms with Gasteiger partial charge in [0.15, 0.2) is 0 Å². The molecule has 0 saturated heterocycles. The summed E-state index contributed by atoms with van der Waals surface area (Å²) in [6.07, 6.45) is -4.45. The summed E-state index contributed by atoms with van der Waals surface area (Å²) in [5.41, 5.74) is 0.399. The number of rotatable bonds is 4. The van der Waals surface area contributed by atoms with Crippen molar-refractivity contribution in [2.75, 3.05) is 5.32 Å². The normalized spacial score (nSPS) is 11.1. The van der Waals surface area contributed by atoms with Crippen LogP contribution in [0.2, 0.25) is 0 Å². The first-order chi connectivity index (χ1) is 13.3. The first-order valence-corrected chi connectivity index (χ1v) is 8.08. The van der Waals surface area contributed by atoms with Gasteiger partial charge in [-0.1, -0.05) is 36.4 Å². The number of hydrogen-bond donors (Lipinski definition) is 1. The van der Waals surface area contributed by atoms with Crippen molar-refractivity contribution in [2.24, 2.45) is 0 Å². The van der Waals surface area contributed by atoms with E-state index < -0.39 is 22.6 Å². The van der Waals surface area contributed by atoms with Gasteiger partial charge in [-0.25, -0.2) is 0 Å². The zero-order valence-corrected chi connectivity index (χ0v) is 14.2. The van der Waals surface area contributed by atoms with Gasteiger partial charge in [0.05, 0.1) is 10.5 Å². The average molecular weight is 386 g/mol.